The van der Waals surface area contributed by atoms with Gasteiger partial charge in [-0.15, -0.1) is 0 Å². The average Bonchev–Trinajstić information content (AvgIpc) is 2.92. The lowest BCUT2D eigenvalue weighted by Gasteiger charge is -2.40. The molecule has 0 bridgehead atoms. The van der Waals surface area contributed by atoms with Gasteiger partial charge >= 0.3 is 0 Å². The van der Waals surface area contributed by atoms with E-state index in [1.54, 1.807) is 24.2 Å². The number of anilines is 1. The molecule has 9 heteroatoms. The van der Waals surface area contributed by atoms with Crippen molar-refractivity contribution in [2.75, 3.05) is 50.4 Å². The zero-order valence-electron chi connectivity index (χ0n) is 20.1. The number of pyridine rings is 1. The molecular weight excluding hydrogens is 497 g/mol. The predicted molar refractivity (Wildman–Crippen MR) is 143 cm³/mol. The van der Waals surface area contributed by atoms with Gasteiger partial charge in [0.05, 0.1) is 28.3 Å². The molecular formula is C27H27ClFN5OS. The number of halogens is 2. The Morgan fingerprint density at radius 1 is 1.08 bits per heavy atom. The van der Waals surface area contributed by atoms with E-state index in [1.807, 2.05) is 35.4 Å². The number of nitrogens with zero attached hydrogens (tertiary/aromatic N) is 5. The molecule has 2 aliphatic heterocycles. The summed E-state index contributed by atoms with van der Waals surface area (Å²) in [5.41, 5.74) is 2.15. The second-order valence-electron chi connectivity index (χ2n) is 9.27. The molecule has 0 radical (unpaired) electrons. The summed E-state index contributed by atoms with van der Waals surface area (Å²) in [7, 11) is 0. The van der Waals surface area contributed by atoms with E-state index >= 15 is 0 Å². The van der Waals surface area contributed by atoms with Crippen LogP contribution in [0.25, 0.3) is 10.9 Å². The average molecular weight is 524 g/mol. The summed E-state index contributed by atoms with van der Waals surface area (Å²) in [4.78, 5) is 22.2. The monoisotopic (exact) mass is 523 g/mol. The molecule has 6 nitrogen and oxygen atoms in total. The van der Waals surface area contributed by atoms with E-state index in [-0.39, 0.29) is 11.7 Å². The predicted octanol–water partition coefficient (Wildman–Crippen LogP) is 5.12. The van der Waals surface area contributed by atoms with Gasteiger partial charge in [-0.1, -0.05) is 35.7 Å². The van der Waals surface area contributed by atoms with E-state index in [2.05, 4.69) is 20.3 Å². The number of nitriles is 1. The van der Waals surface area contributed by atoms with E-state index in [9.17, 15) is 14.4 Å². The molecule has 3 aromatic rings. The highest BCUT2D eigenvalue weighted by Gasteiger charge is 2.38. The molecule has 0 atom stereocenters. The number of carbonyl (C=O) groups excluding carboxylic acids is 1. The van der Waals surface area contributed by atoms with Crippen LogP contribution in [0.15, 0.2) is 48.7 Å². The fraction of sp³-hybridized carbons (Fsp3) is 0.370. The van der Waals surface area contributed by atoms with Crippen molar-refractivity contribution in [2.45, 2.75) is 18.3 Å². The largest absolute Gasteiger partial charge is 0.370 e. The van der Waals surface area contributed by atoms with Crippen LogP contribution in [0.4, 0.5) is 10.1 Å². The maximum absolute atomic E-state index is 14.4. The number of amides is 1. The Morgan fingerprint density at radius 3 is 2.42 bits per heavy atom. The number of hydrogen-bond donors (Lipinski definition) is 0. The number of carbonyl (C=O) groups is 1. The second-order valence-corrected chi connectivity index (χ2v) is 10.6. The van der Waals surface area contributed by atoms with Gasteiger partial charge in [0.2, 0.25) is 0 Å². The van der Waals surface area contributed by atoms with Crippen molar-refractivity contribution >= 4 is 46.0 Å². The van der Waals surface area contributed by atoms with Crippen LogP contribution in [0.5, 0.6) is 0 Å². The second kappa shape index (κ2) is 10.3. The van der Waals surface area contributed by atoms with Gasteiger partial charge in [0, 0.05) is 55.9 Å². The Labute approximate surface area is 219 Å². The molecule has 0 unspecified atom stereocenters. The normalized spacial score (nSPS) is 18.3. The minimum absolute atomic E-state index is 0.0840. The highest BCUT2D eigenvalue weighted by Crippen LogP contribution is 2.40. The van der Waals surface area contributed by atoms with E-state index in [0.717, 1.165) is 18.7 Å². The van der Waals surface area contributed by atoms with Crippen molar-refractivity contribution in [3.8, 4) is 6.07 Å². The lowest BCUT2D eigenvalue weighted by molar-refractivity contribution is 0.0704. The molecule has 186 valence electrons. The van der Waals surface area contributed by atoms with Crippen molar-refractivity contribution in [2.24, 2.45) is 0 Å². The van der Waals surface area contributed by atoms with Crippen molar-refractivity contribution in [1.82, 2.24) is 14.2 Å². The molecule has 2 fully saturated rings. The Hall–Kier alpha value is -2.86. The third-order valence-corrected chi connectivity index (χ3v) is 8.49. The van der Waals surface area contributed by atoms with Crippen LogP contribution in [0.3, 0.4) is 0 Å². The zero-order chi connectivity index (χ0) is 25.3. The number of hydrogen-bond acceptors (Lipinski definition) is 6. The van der Waals surface area contributed by atoms with E-state index < -0.39 is 5.41 Å². The Morgan fingerprint density at radius 2 is 1.78 bits per heavy atom. The summed E-state index contributed by atoms with van der Waals surface area (Å²) in [6.45, 7) is 3.99. The number of benzene rings is 2. The van der Waals surface area contributed by atoms with Crippen LogP contribution in [-0.4, -0.2) is 65.6 Å². The summed E-state index contributed by atoms with van der Waals surface area (Å²) < 4.78 is 16.6. The van der Waals surface area contributed by atoms with Gasteiger partial charge in [0.15, 0.2) is 0 Å². The van der Waals surface area contributed by atoms with E-state index in [4.69, 9.17) is 11.6 Å². The molecule has 2 saturated heterocycles. The fourth-order valence-corrected chi connectivity index (χ4v) is 5.89. The minimum Gasteiger partial charge on any atom is -0.370 e. The Bertz CT molecular complexity index is 1310. The van der Waals surface area contributed by atoms with Gasteiger partial charge in [-0.05, 0) is 55.0 Å². The summed E-state index contributed by atoms with van der Waals surface area (Å²) in [5, 5.41) is 11.4. The molecule has 0 aliphatic carbocycles. The van der Waals surface area contributed by atoms with Crippen LogP contribution in [0.1, 0.15) is 28.8 Å². The third-order valence-electron chi connectivity index (χ3n) is 7.36. The van der Waals surface area contributed by atoms with Gasteiger partial charge in [0.1, 0.15) is 5.82 Å². The van der Waals surface area contributed by atoms with Gasteiger partial charge in [-0.2, -0.15) is 5.26 Å². The van der Waals surface area contributed by atoms with Gasteiger partial charge in [-0.3, -0.25) is 9.78 Å². The smallest absolute Gasteiger partial charge is 0.257 e. The molecule has 0 N–H and O–H groups in total. The van der Waals surface area contributed by atoms with E-state index in [0.29, 0.717) is 66.2 Å². The lowest BCUT2D eigenvalue weighted by Crippen LogP contribution is -2.47. The van der Waals surface area contributed by atoms with Crippen LogP contribution < -0.4 is 4.90 Å². The molecule has 1 amide bonds. The Balaban J connectivity index is 1.49. The van der Waals surface area contributed by atoms with Crippen LogP contribution in [-0.2, 0) is 5.41 Å². The van der Waals surface area contributed by atoms with Crippen molar-refractivity contribution < 1.29 is 9.18 Å². The lowest BCUT2D eigenvalue weighted by atomic mass is 9.74. The first-order chi connectivity index (χ1) is 17.4. The van der Waals surface area contributed by atoms with Gasteiger partial charge in [0.25, 0.3) is 5.91 Å². The van der Waals surface area contributed by atoms with Crippen molar-refractivity contribution in [3.05, 3.63) is 70.6 Å². The first-order valence-corrected chi connectivity index (χ1v) is 13.6. The molecule has 1 aromatic heterocycles. The van der Waals surface area contributed by atoms with Gasteiger partial charge in [-0.25, -0.2) is 8.70 Å². The fourth-order valence-electron chi connectivity index (χ4n) is 5.24. The molecule has 2 aromatic carbocycles. The van der Waals surface area contributed by atoms with Crippen LogP contribution in [0, 0.1) is 17.1 Å². The SMILES string of the molecule is CSN1CCN(C(=O)c2cnc3ccc(F)cc3c2N2CCC(C#N)(c3ccc(Cl)cc3)CC2)CC1. The Kier molecular flexibility index (Phi) is 7.07. The van der Waals surface area contributed by atoms with E-state index in [1.165, 1.54) is 12.1 Å². The highest BCUT2D eigenvalue weighted by molar-refractivity contribution is 7.96. The summed E-state index contributed by atoms with van der Waals surface area (Å²) in [5.74, 6) is -0.451. The molecule has 0 spiro atoms. The quantitative estimate of drug-likeness (QED) is 0.442. The maximum atomic E-state index is 14.4. The first kappa shape index (κ1) is 24.8. The zero-order valence-corrected chi connectivity index (χ0v) is 21.7. The van der Waals surface area contributed by atoms with Crippen LogP contribution in [0.2, 0.25) is 5.02 Å². The number of rotatable bonds is 4. The van der Waals surface area contributed by atoms with Gasteiger partial charge < -0.3 is 9.80 Å². The van der Waals surface area contributed by atoms with Crippen molar-refractivity contribution in [3.63, 3.8) is 0 Å². The minimum atomic E-state index is -0.631. The number of piperidine rings is 1. The molecule has 2 aliphatic rings. The number of aromatic nitrogens is 1. The van der Waals surface area contributed by atoms with Crippen LogP contribution >= 0.6 is 23.5 Å². The molecule has 3 heterocycles. The highest BCUT2D eigenvalue weighted by atomic mass is 35.5. The molecule has 36 heavy (non-hydrogen) atoms. The molecule has 5 rings (SSSR count). The molecule has 0 saturated carbocycles. The third kappa shape index (κ3) is 4.63. The summed E-state index contributed by atoms with van der Waals surface area (Å²) in [6.07, 6.45) is 4.85. The topological polar surface area (TPSA) is 63.5 Å². The summed E-state index contributed by atoms with van der Waals surface area (Å²) in [6, 6.07) is 14.5. The standard InChI is InChI=1S/C27H27ClFN5OS/c1-36-34-14-12-33(13-15-34)26(35)23-17-31-24-7-6-21(29)16-22(24)25(23)32-10-8-27(18-30,9-11-32)19-2-4-20(28)5-3-19/h2-7,16-17H,8-15H2,1H3. The van der Waals surface area contributed by atoms with Crippen molar-refractivity contribution in [1.29, 1.82) is 5.26 Å². The number of piperazine rings is 1. The first-order valence-electron chi connectivity index (χ1n) is 12.0. The number of fused-ring (bicyclic) bond motifs is 1. The maximum Gasteiger partial charge on any atom is 0.257 e. The summed E-state index contributed by atoms with van der Waals surface area (Å²) >= 11 is 7.76.